The number of anilines is 1. The first kappa shape index (κ1) is 22.2. The highest BCUT2D eigenvalue weighted by Crippen LogP contribution is 2.34. The zero-order chi connectivity index (χ0) is 20.6. The van der Waals surface area contributed by atoms with E-state index < -0.39 is 32.0 Å². The predicted molar refractivity (Wildman–Crippen MR) is 91.6 cm³/mol. The number of aromatic nitrogens is 4. The lowest BCUT2D eigenvalue weighted by molar-refractivity contribution is -0.134. The monoisotopic (exact) mass is 403 g/mol. The topological polar surface area (TPSA) is 211 Å². The van der Waals surface area contributed by atoms with Gasteiger partial charge < -0.3 is 35.0 Å². The van der Waals surface area contributed by atoms with Crippen LogP contribution in [0.2, 0.25) is 0 Å². The van der Waals surface area contributed by atoms with E-state index in [0.717, 1.165) is 0 Å². The summed E-state index contributed by atoms with van der Waals surface area (Å²) in [5.41, 5.74) is 6.70. The molecule has 0 unspecified atom stereocenters. The van der Waals surface area contributed by atoms with Crippen LogP contribution in [0.25, 0.3) is 11.2 Å². The van der Waals surface area contributed by atoms with Crippen LogP contribution in [0.4, 0.5) is 5.82 Å². The molecule has 2 rings (SSSR count). The average molecular weight is 403 g/mol. The van der Waals surface area contributed by atoms with Crippen LogP contribution in [0.15, 0.2) is 24.8 Å². The van der Waals surface area contributed by atoms with Gasteiger partial charge in [0, 0.05) is 12.2 Å². The van der Waals surface area contributed by atoms with Gasteiger partial charge in [-0.25, -0.2) is 24.5 Å². The molecule has 148 valence electrons. The number of imidazole rings is 1. The Morgan fingerprint density at radius 2 is 1.85 bits per heavy atom. The van der Waals surface area contributed by atoms with E-state index in [-0.39, 0.29) is 5.82 Å². The highest BCUT2D eigenvalue weighted by molar-refractivity contribution is 7.51. The summed E-state index contributed by atoms with van der Waals surface area (Å²) in [6.07, 6.45) is 2.97. The van der Waals surface area contributed by atoms with Crippen LogP contribution in [0, 0.1) is 0 Å². The van der Waals surface area contributed by atoms with Crippen molar-refractivity contribution in [1.82, 2.24) is 19.5 Å². The number of hydrogen-bond donors (Lipinski definition) is 5. The van der Waals surface area contributed by atoms with Gasteiger partial charge in [0.1, 0.15) is 18.2 Å². The van der Waals surface area contributed by atoms with Crippen LogP contribution in [0.1, 0.15) is 6.92 Å². The largest absolute Gasteiger partial charge is 0.478 e. The molecule has 14 heteroatoms. The first-order valence-electron chi connectivity index (χ1n) is 7.21. The van der Waals surface area contributed by atoms with Crippen molar-refractivity contribution in [2.24, 2.45) is 0 Å². The van der Waals surface area contributed by atoms with E-state index in [2.05, 4.69) is 15.0 Å². The molecule has 0 aliphatic carbocycles. The van der Waals surface area contributed by atoms with E-state index in [1.54, 1.807) is 11.5 Å². The lowest BCUT2D eigenvalue weighted by Crippen LogP contribution is -2.17. The van der Waals surface area contributed by atoms with Gasteiger partial charge in [-0.1, -0.05) is 0 Å². The molecule has 2 aromatic rings. The van der Waals surface area contributed by atoms with Crippen LogP contribution in [0.5, 0.6) is 0 Å². The quantitative estimate of drug-likeness (QED) is 0.297. The Kier molecular flexibility index (Phi) is 7.99. The van der Waals surface area contributed by atoms with Gasteiger partial charge >= 0.3 is 19.5 Å². The summed E-state index contributed by atoms with van der Waals surface area (Å²) in [5.74, 6) is -2.23. The number of nitrogens with zero attached hydrogens (tertiary/aromatic N) is 4. The molecule has 13 nitrogen and oxygen atoms in total. The van der Waals surface area contributed by atoms with Crippen molar-refractivity contribution >= 4 is 36.5 Å². The second kappa shape index (κ2) is 9.73. The second-order valence-corrected chi connectivity index (χ2v) is 6.70. The molecule has 6 N–H and O–H groups in total. The maximum atomic E-state index is 10.7. The Bertz CT molecular complexity index is 861. The smallest absolute Gasteiger partial charge is 0.350 e. The lowest BCUT2D eigenvalue weighted by atomic mass is 10.4. The van der Waals surface area contributed by atoms with Gasteiger partial charge in [-0.2, -0.15) is 0 Å². The Morgan fingerprint density at radius 1 is 1.26 bits per heavy atom. The molecule has 0 radical (unpaired) electrons. The number of nitrogen functional groups attached to an aromatic ring is 1. The summed E-state index contributed by atoms with van der Waals surface area (Å²) in [6.45, 7) is 2.05. The minimum Gasteiger partial charge on any atom is -0.478 e. The van der Waals surface area contributed by atoms with Crippen LogP contribution in [0.3, 0.4) is 0 Å². The van der Waals surface area contributed by atoms with Crippen LogP contribution in [-0.4, -0.2) is 63.9 Å². The molecule has 0 bridgehead atoms. The highest BCUT2D eigenvalue weighted by atomic mass is 31.2. The van der Waals surface area contributed by atoms with E-state index >= 15 is 0 Å². The Labute approximate surface area is 152 Å². The number of carbonyl (C=O) groups is 2. The molecule has 0 aliphatic heterocycles. The van der Waals surface area contributed by atoms with Gasteiger partial charge in [0.2, 0.25) is 0 Å². The number of aliphatic carboxylic acids is 2. The lowest BCUT2D eigenvalue weighted by Gasteiger charge is -2.14. The summed E-state index contributed by atoms with van der Waals surface area (Å²) in [5, 5.41) is 15.6. The zero-order valence-electron chi connectivity index (χ0n) is 14.0. The Hall–Kier alpha value is -2.86. The van der Waals surface area contributed by atoms with E-state index in [4.69, 9.17) is 30.5 Å². The third-order valence-corrected chi connectivity index (χ3v) is 3.26. The first-order valence-corrected chi connectivity index (χ1v) is 9.00. The summed E-state index contributed by atoms with van der Waals surface area (Å²) < 4.78 is 17.5. The van der Waals surface area contributed by atoms with E-state index in [9.17, 15) is 14.2 Å². The molecule has 2 heterocycles. The molecule has 0 saturated heterocycles. The number of carboxylic acids is 2. The van der Waals surface area contributed by atoms with Crippen LogP contribution >= 0.6 is 7.60 Å². The maximum Gasteiger partial charge on any atom is 0.350 e. The van der Waals surface area contributed by atoms with Crippen molar-refractivity contribution in [1.29, 1.82) is 0 Å². The summed E-state index contributed by atoms with van der Waals surface area (Å²) in [6, 6.07) is 0. The number of ether oxygens (including phenoxy) is 1. The Morgan fingerprint density at radius 3 is 2.37 bits per heavy atom. The number of hydrogen-bond acceptors (Lipinski definition) is 8. The molecule has 0 amide bonds. The molecule has 0 aromatic carbocycles. The predicted octanol–water partition coefficient (Wildman–Crippen LogP) is -0.339. The first-order chi connectivity index (χ1) is 12.5. The molecular formula is C13H18N5O8P. The van der Waals surface area contributed by atoms with Crippen molar-refractivity contribution < 1.29 is 38.9 Å². The molecule has 0 fully saturated rings. The number of nitrogens with two attached hydrogens (primary N) is 1. The maximum absolute atomic E-state index is 10.7. The summed E-state index contributed by atoms with van der Waals surface area (Å²) in [7, 11) is -4.16. The van der Waals surface area contributed by atoms with Crippen molar-refractivity contribution in [3.05, 3.63) is 24.8 Å². The molecule has 1 atom stereocenters. The third-order valence-electron chi connectivity index (χ3n) is 2.78. The fraction of sp³-hybridized carbons (Fsp3) is 0.308. The number of fused-ring (bicyclic) bond motifs is 1. The number of carboxylic acid groups (broad SMARTS) is 2. The average Bonchev–Trinajstić information content (AvgIpc) is 2.95. The van der Waals surface area contributed by atoms with Gasteiger partial charge in [0.05, 0.1) is 19.0 Å². The molecule has 0 aliphatic rings. The van der Waals surface area contributed by atoms with Crippen LogP contribution < -0.4 is 5.73 Å². The minimum absolute atomic E-state index is 0.285. The van der Waals surface area contributed by atoms with Crippen molar-refractivity contribution in [2.75, 3.05) is 12.1 Å². The standard InChI is InChI=1S/C9H14N5O4P.C4H4O4/c1-6(18-5-19(15,16)17)2-14-4-13-7-8(10)11-3-12-9(7)14;5-3(6)1-2-4(7)8/h3-4,6H,2,5H2,1H3,(H2,10,11,12)(H2,15,16,17);1-2H,(H,5,6)(H,7,8)/b;2-1-/t6-;/m1./s1. The van der Waals surface area contributed by atoms with E-state index in [1.807, 2.05) is 0 Å². The van der Waals surface area contributed by atoms with Gasteiger partial charge in [-0.3, -0.25) is 4.57 Å². The highest BCUT2D eigenvalue weighted by Gasteiger charge is 2.16. The second-order valence-electron chi connectivity index (χ2n) is 5.11. The SMILES string of the molecule is C[C@H](Cn1cnc2c(N)ncnc21)OCP(=O)(O)O.O=C(O)/C=C\C(=O)O. The van der Waals surface area contributed by atoms with Gasteiger partial charge in [0.25, 0.3) is 0 Å². The van der Waals surface area contributed by atoms with E-state index in [0.29, 0.717) is 29.9 Å². The normalized spacial score (nSPS) is 12.6. The summed E-state index contributed by atoms with van der Waals surface area (Å²) >= 11 is 0. The van der Waals surface area contributed by atoms with Crippen molar-refractivity contribution in [3.63, 3.8) is 0 Å². The van der Waals surface area contributed by atoms with E-state index in [1.165, 1.54) is 12.7 Å². The molecular weight excluding hydrogens is 385 g/mol. The molecule has 0 spiro atoms. The van der Waals surface area contributed by atoms with Gasteiger partial charge in [-0.15, -0.1) is 0 Å². The molecule has 2 aromatic heterocycles. The van der Waals surface area contributed by atoms with Crippen molar-refractivity contribution in [2.45, 2.75) is 19.6 Å². The number of rotatable bonds is 7. The molecule has 27 heavy (non-hydrogen) atoms. The van der Waals surface area contributed by atoms with Gasteiger partial charge in [0.15, 0.2) is 11.5 Å². The fourth-order valence-electron chi connectivity index (χ4n) is 1.73. The third kappa shape index (κ3) is 8.37. The minimum atomic E-state index is -4.16. The Balaban J connectivity index is 0.000000387. The fourth-order valence-corrected chi connectivity index (χ4v) is 2.18. The zero-order valence-corrected chi connectivity index (χ0v) is 14.9. The summed E-state index contributed by atoms with van der Waals surface area (Å²) in [4.78, 5) is 48.5. The van der Waals surface area contributed by atoms with Crippen molar-refractivity contribution in [3.8, 4) is 0 Å². The molecule has 0 saturated carbocycles. The van der Waals surface area contributed by atoms with Crippen LogP contribution in [-0.2, 0) is 25.4 Å². The van der Waals surface area contributed by atoms with Gasteiger partial charge in [-0.05, 0) is 6.92 Å².